The summed E-state index contributed by atoms with van der Waals surface area (Å²) in [6.07, 6.45) is 1.75. The molecule has 0 aliphatic heterocycles. The predicted molar refractivity (Wildman–Crippen MR) is 135 cm³/mol. The van der Waals surface area contributed by atoms with Gasteiger partial charge in [-0.2, -0.15) is 5.10 Å². The lowest BCUT2D eigenvalue weighted by atomic mass is 10.0. The molecule has 4 aromatic rings. The zero-order valence-electron chi connectivity index (χ0n) is 20.0. The number of fused-ring (bicyclic) bond motifs is 1. The van der Waals surface area contributed by atoms with Gasteiger partial charge in [0.15, 0.2) is 0 Å². The minimum absolute atomic E-state index is 0.185. The first-order chi connectivity index (χ1) is 16.0. The summed E-state index contributed by atoms with van der Waals surface area (Å²) >= 11 is 0. The van der Waals surface area contributed by atoms with E-state index in [1.807, 2.05) is 65.0 Å². The van der Waals surface area contributed by atoms with E-state index in [0.717, 1.165) is 39.0 Å². The summed E-state index contributed by atoms with van der Waals surface area (Å²) in [5.41, 5.74) is 4.35. The molecule has 0 spiro atoms. The van der Waals surface area contributed by atoms with Crippen molar-refractivity contribution in [1.29, 1.82) is 0 Å². The van der Waals surface area contributed by atoms with E-state index in [9.17, 15) is 12.8 Å². The van der Waals surface area contributed by atoms with Crippen molar-refractivity contribution in [3.63, 3.8) is 0 Å². The van der Waals surface area contributed by atoms with Crippen molar-refractivity contribution in [2.75, 3.05) is 11.9 Å². The molecule has 0 saturated heterocycles. The van der Waals surface area contributed by atoms with E-state index in [1.165, 1.54) is 12.1 Å². The van der Waals surface area contributed by atoms with Gasteiger partial charge in [-0.25, -0.2) is 22.2 Å². The van der Waals surface area contributed by atoms with Gasteiger partial charge < -0.3 is 5.32 Å². The van der Waals surface area contributed by atoms with Gasteiger partial charge in [-0.1, -0.05) is 23.8 Å². The Morgan fingerprint density at radius 3 is 2.29 bits per heavy atom. The summed E-state index contributed by atoms with van der Waals surface area (Å²) in [5.74, 6) is -0.303. The number of sulfonamides is 1. The van der Waals surface area contributed by atoms with E-state index in [1.54, 1.807) is 23.0 Å². The van der Waals surface area contributed by atoms with Crippen LogP contribution in [0.2, 0.25) is 0 Å². The fourth-order valence-corrected chi connectivity index (χ4v) is 5.96. The predicted octanol–water partition coefficient (Wildman–Crippen LogP) is 5.26. The minimum atomic E-state index is -3.68. The Morgan fingerprint density at radius 2 is 1.65 bits per heavy atom. The molecule has 0 saturated carbocycles. The summed E-state index contributed by atoms with van der Waals surface area (Å²) in [6.45, 7) is 9.65. The number of hydrogen-bond donors (Lipinski definition) is 2. The lowest BCUT2D eigenvalue weighted by Gasteiger charge is -2.28. The molecule has 6 nitrogen and oxygen atoms in total. The topological polar surface area (TPSA) is 76.0 Å². The standard InChI is InChI=1S/C26H29FN4O2S/c1-17-13-18(2)25(19(3)14-17)34(32,33)29-16-26(4,5)30-23-7-6-8-24-22(23)15-28-31(24)21-11-9-20(27)10-12-21/h6-15,29-30H,16H2,1-5H3. The number of hydrogen-bond acceptors (Lipinski definition) is 4. The van der Waals surface area contributed by atoms with Crippen LogP contribution < -0.4 is 10.0 Å². The Balaban J connectivity index is 1.57. The highest BCUT2D eigenvalue weighted by Gasteiger charge is 2.25. The van der Waals surface area contributed by atoms with E-state index in [0.29, 0.717) is 4.90 Å². The van der Waals surface area contributed by atoms with E-state index in [-0.39, 0.29) is 12.4 Å². The minimum Gasteiger partial charge on any atom is -0.378 e. The van der Waals surface area contributed by atoms with Crippen molar-refractivity contribution in [2.45, 2.75) is 45.1 Å². The highest BCUT2D eigenvalue weighted by Crippen LogP contribution is 2.28. The fraction of sp³-hybridized carbons (Fsp3) is 0.269. The molecule has 8 heteroatoms. The molecule has 3 aromatic carbocycles. The molecule has 0 amide bonds. The first-order valence-electron chi connectivity index (χ1n) is 11.1. The molecular weight excluding hydrogens is 451 g/mol. The molecule has 1 heterocycles. The van der Waals surface area contributed by atoms with Crippen LogP contribution in [0.5, 0.6) is 0 Å². The van der Waals surface area contributed by atoms with Crippen LogP contribution in [0.3, 0.4) is 0 Å². The van der Waals surface area contributed by atoms with Crippen LogP contribution in [0.1, 0.15) is 30.5 Å². The summed E-state index contributed by atoms with van der Waals surface area (Å²) in [6, 6.07) is 15.7. The van der Waals surface area contributed by atoms with Crippen LogP contribution in [0.15, 0.2) is 65.7 Å². The van der Waals surface area contributed by atoms with Gasteiger partial charge >= 0.3 is 0 Å². The lowest BCUT2D eigenvalue weighted by Crippen LogP contribution is -2.44. The summed E-state index contributed by atoms with van der Waals surface area (Å²) < 4.78 is 44.1. The molecule has 0 radical (unpaired) electrons. The number of halogens is 1. The van der Waals surface area contributed by atoms with Crippen molar-refractivity contribution in [2.24, 2.45) is 0 Å². The molecule has 0 atom stereocenters. The third-order valence-corrected chi connectivity index (χ3v) is 7.44. The van der Waals surface area contributed by atoms with E-state index in [4.69, 9.17) is 0 Å². The Bertz CT molecular complexity index is 1440. The van der Waals surface area contributed by atoms with Crippen LogP contribution in [-0.4, -0.2) is 30.3 Å². The van der Waals surface area contributed by atoms with Gasteiger partial charge in [0, 0.05) is 23.2 Å². The molecule has 2 N–H and O–H groups in total. The second-order valence-electron chi connectivity index (χ2n) is 9.33. The SMILES string of the molecule is Cc1cc(C)c(S(=O)(=O)NCC(C)(C)Nc2cccc3c2cnn3-c2ccc(F)cc2)c(C)c1. The van der Waals surface area contributed by atoms with Crippen molar-refractivity contribution < 1.29 is 12.8 Å². The maximum atomic E-state index is 13.3. The summed E-state index contributed by atoms with van der Waals surface area (Å²) in [5, 5.41) is 8.82. The zero-order chi connectivity index (χ0) is 24.7. The van der Waals surface area contributed by atoms with Crippen molar-refractivity contribution >= 4 is 26.6 Å². The number of aryl methyl sites for hydroxylation is 3. The van der Waals surface area contributed by atoms with Crippen molar-refractivity contribution in [3.05, 3.63) is 83.3 Å². The van der Waals surface area contributed by atoms with Crippen LogP contribution >= 0.6 is 0 Å². The fourth-order valence-electron chi connectivity index (χ4n) is 4.30. The molecule has 0 unspecified atom stereocenters. The van der Waals surface area contributed by atoms with E-state index < -0.39 is 15.6 Å². The number of rotatable bonds is 7. The lowest BCUT2D eigenvalue weighted by molar-refractivity contribution is 0.529. The second kappa shape index (κ2) is 8.85. The normalized spacial score (nSPS) is 12.3. The molecule has 178 valence electrons. The third kappa shape index (κ3) is 4.83. The summed E-state index contributed by atoms with van der Waals surface area (Å²) in [7, 11) is -3.68. The Hall–Kier alpha value is -3.23. The zero-order valence-corrected chi connectivity index (χ0v) is 20.8. The number of benzene rings is 3. The van der Waals surface area contributed by atoms with Crippen LogP contribution in [0, 0.1) is 26.6 Å². The number of anilines is 1. The molecular formula is C26H29FN4O2S. The van der Waals surface area contributed by atoms with Crippen LogP contribution in [-0.2, 0) is 10.0 Å². The maximum absolute atomic E-state index is 13.3. The average Bonchev–Trinajstić information content (AvgIpc) is 3.17. The van der Waals surface area contributed by atoms with Gasteiger partial charge in [0.2, 0.25) is 10.0 Å². The molecule has 1 aromatic heterocycles. The smallest absolute Gasteiger partial charge is 0.241 e. The third-order valence-electron chi connectivity index (χ3n) is 5.74. The molecule has 0 bridgehead atoms. The molecule has 0 aliphatic carbocycles. The number of nitrogens with one attached hydrogen (secondary N) is 2. The molecule has 34 heavy (non-hydrogen) atoms. The van der Waals surface area contributed by atoms with E-state index in [2.05, 4.69) is 15.1 Å². The van der Waals surface area contributed by atoms with Gasteiger partial charge in [0.25, 0.3) is 0 Å². The summed E-state index contributed by atoms with van der Waals surface area (Å²) in [4.78, 5) is 0.330. The monoisotopic (exact) mass is 480 g/mol. The van der Waals surface area contributed by atoms with Gasteiger partial charge in [-0.3, -0.25) is 0 Å². The highest BCUT2D eigenvalue weighted by molar-refractivity contribution is 7.89. The second-order valence-corrected chi connectivity index (χ2v) is 11.0. The van der Waals surface area contributed by atoms with Gasteiger partial charge in [-0.05, 0) is 82.1 Å². The van der Waals surface area contributed by atoms with Crippen molar-refractivity contribution in [1.82, 2.24) is 14.5 Å². The average molecular weight is 481 g/mol. The maximum Gasteiger partial charge on any atom is 0.241 e. The quantitative estimate of drug-likeness (QED) is 0.378. The Kier molecular flexibility index (Phi) is 6.22. The van der Waals surface area contributed by atoms with Gasteiger partial charge in [0.05, 0.1) is 22.3 Å². The first-order valence-corrected chi connectivity index (χ1v) is 12.5. The van der Waals surface area contributed by atoms with Gasteiger partial charge in [-0.15, -0.1) is 0 Å². The van der Waals surface area contributed by atoms with Gasteiger partial charge in [0.1, 0.15) is 5.82 Å². The largest absolute Gasteiger partial charge is 0.378 e. The van der Waals surface area contributed by atoms with Crippen molar-refractivity contribution in [3.8, 4) is 5.69 Å². The molecule has 0 aliphatic rings. The Labute approximate surface area is 199 Å². The Morgan fingerprint density at radius 1 is 1.00 bits per heavy atom. The number of nitrogens with zero attached hydrogens (tertiary/aromatic N) is 2. The first kappa shape index (κ1) is 23.9. The molecule has 0 fully saturated rings. The van der Waals surface area contributed by atoms with Crippen LogP contribution in [0.25, 0.3) is 16.6 Å². The molecule has 4 rings (SSSR count). The van der Waals surface area contributed by atoms with E-state index >= 15 is 0 Å². The number of aromatic nitrogens is 2. The highest BCUT2D eigenvalue weighted by atomic mass is 32.2. The van der Waals surface area contributed by atoms with Crippen LogP contribution in [0.4, 0.5) is 10.1 Å².